The molecule has 27 heavy (non-hydrogen) atoms. The van der Waals surface area contributed by atoms with Gasteiger partial charge in [-0.3, -0.25) is 9.59 Å². The number of nitrogens with one attached hydrogen (secondary N) is 2. The van der Waals surface area contributed by atoms with Gasteiger partial charge in [0, 0.05) is 37.0 Å². The first-order valence-corrected chi connectivity index (χ1v) is 8.94. The highest BCUT2D eigenvalue weighted by molar-refractivity contribution is 6.39. The van der Waals surface area contributed by atoms with Crippen LogP contribution in [0.3, 0.4) is 0 Å². The summed E-state index contributed by atoms with van der Waals surface area (Å²) in [5, 5.41) is 5.73. The van der Waals surface area contributed by atoms with Crippen molar-refractivity contribution in [2.45, 2.75) is 6.04 Å². The number of carbonyl (C=O) groups is 2. The molecule has 0 aliphatic rings. The van der Waals surface area contributed by atoms with Crippen LogP contribution in [-0.4, -0.2) is 51.4 Å². The first-order chi connectivity index (χ1) is 12.8. The minimum atomic E-state index is -0.724. The average Bonchev–Trinajstić information content (AvgIpc) is 2.61. The predicted molar refractivity (Wildman–Crippen MR) is 110 cm³/mol. The second-order valence-electron chi connectivity index (χ2n) is 6.64. The van der Waals surface area contributed by atoms with Gasteiger partial charge in [-0.05, 0) is 50.0 Å². The van der Waals surface area contributed by atoms with E-state index in [9.17, 15) is 9.59 Å². The van der Waals surface area contributed by atoms with E-state index in [-0.39, 0.29) is 6.04 Å². The summed E-state index contributed by atoms with van der Waals surface area (Å²) >= 11 is 5.88. The van der Waals surface area contributed by atoms with Crippen molar-refractivity contribution < 1.29 is 9.59 Å². The van der Waals surface area contributed by atoms with E-state index >= 15 is 0 Å². The molecule has 0 saturated carbocycles. The molecule has 0 saturated heterocycles. The predicted octanol–water partition coefficient (Wildman–Crippen LogP) is 2.76. The highest BCUT2D eigenvalue weighted by Gasteiger charge is 2.19. The van der Waals surface area contributed by atoms with E-state index in [4.69, 9.17) is 11.6 Å². The first kappa shape index (κ1) is 20.7. The van der Waals surface area contributed by atoms with Crippen molar-refractivity contribution in [1.29, 1.82) is 0 Å². The number of hydrogen-bond donors (Lipinski definition) is 2. The molecule has 2 rings (SSSR count). The molecule has 0 aliphatic heterocycles. The van der Waals surface area contributed by atoms with Crippen LogP contribution in [0.25, 0.3) is 0 Å². The number of benzene rings is 2. The van der Waals surface area contributed by atoms with Gasteiger partial charge in [0.1, 0.15) is 0 Å². The van der Waals surface area contributed by atoms with Crippen molar-refractivity contribution in [2.24, 2.45) is 0 Å². The third kappa shape index (κ3) is 5.98. The Morgan fingerprint density at radius 1 is 1.00 bits per heavy atom. The largest absolute Gasteiger partial charge is 0.378 e. The van der Waals surface area contributed by atoms with E-state index in [1.54, 1.807) is 24.3 Å². The van der Waals surface area contributed by atoms with Crippen LogP contribution >= 0.6 is 11.6 Å². The van der Waals surface area contributed by atoms with Gasteiger partial charge in [0.25, 0.3) is 0 Å². The molecule has 0 bridgehead atoms. The lowest BCUT2D eigenvalue weighted by Gasteiger charge is -2.25. The maximum absolute atomic E-state index is 12.2. The summed E-state index contributed by atoms with van der Waals surface area (Å²) < 4.78 is 0. The summed E-state index contributed by atoms with van der Waals surface area (Å²) in [6.07, 6.45) is 0. The number of nitrogens with zero attached hydrogens (tertiary/aromatic N) is 2. The third-order valence-electron chi connectivity index (χ3n) is 4.16. The van der Waals surface area contributed by atoms with Crippen molar-refractivity contribution in [1.82, 2.24) is 10.2 Å². The van der Waals surface area contributed by atoms with Crippen LogP contribution in [0.1, 0.15) is 11.6 Å². The zero-order valence-corrected chi connectivity index (χ0v) is 16.7. The Balaban J connectivity index is 1.98. The Hall–Kier alpha value is -2.57. The Kier molecular flexibility index (Phi) is 7.21. The Morgan fingerprint density at radius 3 is 2.22 bits per heavy atom. The molecule has 2 amide bonds. The van der Waals surface area contributed by atoms with Crippen LogP contribution < -0.4 is 15.5 Å². The monoisotopic (exact) mass is 388 g/mol. The van der Waals surface area contributed by atoms with E-state index in [1.165, 1.54) is 0 Å². The van der Waals surface area contributed by atoms with Gasteiger partial charge in [0.2, 0.25) is 0 Å². The van der Waals surface area contributed by atoms with Gasteiger partial charge in [-0.2, -0.15) is 0 Å². The van der Waals surface area contributed by atoms with Crippen LogP contribution in [-0.2, 0) is 9.59 Å². The van der Waals surface area contributed by atoms with Crippen molar-refractivity contribution in [3.8, 4) is 0 Å². The number of likely N-dealkylation sites (N-methyl/N-ethyl adjacent to an activating group) is 1. The van der Waals surface area contributed by atoms with Gasteiger partial charge in [0.15, 0.2) is 0 Å². The van der Waals surface area contributed by atoms with Gasteiger partial charge < -0.3 is 20.4 Å². The molecular formula is C20H25ClN4O2. The number of anilines is 2. The summed E-state index contributed by atoms with van der Waals surface area (Å²) in [7, 11) is 7.83. The Bertz CT molecular complexity index is 791. The molecule has 0 unspecified atom stereocenters. The smallest absolute Gasteiger partial charge is 0.313 e. The van der Waals surface area contributed by atoms with Gasteiger partial charge >= 0.3 is 11.8 Å². The molecule has 0 heterocycles. The maximum atomic E-state index is 12.2. The summed E-state index contributed by atoms with van der Waals surface area (Å²) in [6, 6.07) is 14.7. The maximum Gasteiger partial charge on any atom is 0.313 e. The molecule has 0 aromatic heterocycles. The SMILES string of the molecule is CN(C)c1ccc([C@H](CNC(=O)C(=O)Nc2cccc(Cl)c2)N(C)C)cc1. The fraction of sp³-hybridized carbons (Fsp3) is 0.300. The molecule has 1 atom stereocenters. The molecule has 2 N–H and O–H groups in total. The van der Waals surface area contributed by atoms with Gasteiger partial charge in [-0.15, -0.1) is 0 Å². The number of carbonyl (C=O) groups excluding carboxylic acids is 2. The molecule has 6 nitrogen and oxygen atoms in total. The molecule has 2 aromatic carbocycles. The second kappa shape index (κ2) is 9.39. The van der Waals surface area contributed by atoms with Crippen molar-refractivity contribution in [3.05, 3.63) is 59.1 Å². The first-order valence-electron chi connectivity index (χ1n) is 8.56. The van der Waals surface area contributed by atoms with E-state index < -0.39 is 11.8 Å². The topological polar surface area (TPSA) is 64.7 Å². The zero-order valence-electron chi connectivity index (χ0n) is 16.0. The lowest BCUT2D eigenvalue weighted by atomic mass is 10.1. The fourth-order valence-corrected chi connectivity index (χ4v) is 2.81. The molecule has 0 aliphatic carbocycles. The number of hydrogen-bond acceptors (Lipinski definition) is 4. The van der Waals surface area contributed by atoms with E-state index in [1.807, 2.05) is 62.3 Å². The van der Waals surface area contributed by atoms with Crippen LogP contribution in [0.4, 0.5) is 11.4 Å². The quantitative estimate of drug-likeness (QED) is 0.747. The van der Waals surface area contributed by atoms with Gasteiger partial charge in [-0.25, -0.2) is 0 Å². The normalized spacial score (nSPS) is 11.8. The molecule has 2 aromatic rings. The Labute approximate surface area is 165 Å². The molecular weight excluding hydrogens is 364 g/mol. The minimum Gasteiger partial charge on any atom is -0.378 e. The van der Waals surface area contributed by atoms with Crippen LogP contribution in [0.2, 0.25) is 5.02 Å². The number of halogens is 1. The van der Waals surface area contributed by atoms with Crippen LogP contribution in [0, 0.1) is 0 Å². The highest BCUT2D eigenvalue weighted by atomic mass is 35.5. The van der Waals surface area contributed by atoms with Crippen LogP contribution in [0.15, 0.2) is 48.5 Å². The molecule has 0 spiro atoms. The van der Waals surface area contributed by atoms with Crippen LogP contribution in [0.5, 0.6) is 0 Å². The Morgan fingerprint density at radius 2 is 1.67 bits per heavy atom. The molecule has 144 valence electrons. The van der Waals surface area contributed by atoms with Crippen molar-refractivity contribution in [2.75, 3.05) is 45.0 Å². The zero-order chi connectivity index (χ0) is 20.0. The van der Waals surface area contributed by atoms with Crippen molar-refractivity contribution in [3.63, 3.8) is 0 Å². The van der Waals surface area contributed by atoms with E-state index in [0.29, 0.717) is 17.3 Å². The standard InChI is InChI=1S/C20H25ClN4O2/c1-24(2)17-10-8-14(9-11-17)18(25(3)4)13-22-19(26)20(27)23-16-7-5-6-15(21)12-16/h5-12,18H,13H2,1-4H3,(H,22,26)(H,23,27)/t18-/m0/s1. The third-order valence-corrected chi connectivity index (χ3v) is 4.40. The number of amides is 2. The molecule has 7 heteroatoms. The van der Waals surface area contributed by atoms with E-state index in [0.717, 1.165) is 11.3 Å². The summed E-state index contributed by atoms with van der Waals surface area (Å²) in [5.41, 5.74) is 2.63. The average molecular weight is 389 g/mol. The molecule has 0 fully saturated rings. The van der Waals surface area contributed by atoms with Gasteiger partial charge in [-0.1, -0.05) is 29.8 Å². The highest BCUT2D eigenvalue weighted by Crippen LogP contribution is 2.21. The summed E-state index contributed by atoms with van der Waals surface area (Å²) in [6.45, 7) is 0.316. The lowest BCUT2D eigenvalue weighted by molar-refractivity contribution is -0.136. The van der Waals surface area contributed by atoms with Crippen molar-refractivity contribution >= 4 is 34.8 Å². The van der Waals surface area contributed by atoms with E-state index in [2.05, 4.69) is 10.6 Å². The summed E-state index contributed by atoms with van der Waals surface area (Å²) in [5.74, 6) is -1.41. The number of rotatable bonds is 6. The van der Waals surface area contributed by atoms with Gasteiger partial charge in [0.05, 0.1) is 6.04 Å². The minimum absolute atomic E-state index is 0.0517. The lowest BCUT2D eigenvalue weighted by Crippen LogP contribution is -2.40. The fourth-order valence-electron chi connectivity index (χ4n) is 2.62. The molecule has 0 radical (unpaired) electrons. The second-order valence-corrected chi connectivity index (χ2v) is 7.08. The summed E-state index contributed by atoms with van der Waals surface area (Å²) in [4.78, 5) is 28.3.